The van der Waals surface area contributed by atoms with Gasteiger partial charge in [0.2, 0.25) is 0 Å². The van der Waals surface area contributed by atoms with Crippen LogP contribution >= 0.6 is 0 Å². The van der Waals surface area contributed by atoms with Crippen molar-refractivity contribution in [3.05, 3.63) is 83.0 Å². The number of esters is 1. The van der Waals surface area contributed by atoms with E-state index in [-0.39, 0.29) is 23.8 Å². The van der Waals surface area contributed by atoms with Gasteiger partial charge in [0.05, 0.1) is 29.4 Å². The summed E-state index contributed by atoms with van der Waals surface area (Å²) < 4.78 is 46.6. The van der Waals surface area contributed by atoms with Gasteiger partial charge in [-0.2, -0.15) is 23.0 Å². The van der Waals surface area contributed by atoms with Gasteiger partial charge in [0.1, 0.15) is 5.56 Å². The maximum absolute atomic E-state index is 13.5. The molecule has 2 aromatic carbocycles. The van der Waals surface area contributed by atoms with Crippen LogP contribution in [0.25, 0.3) is 16.7 Å². The lowest BCUT2D eigenvalue weighted by atomic mass is 10.1. The van der Waals surface area contributed by atoms with Gasteiger partial charge in [-0.25, -0.2) is 9.78 Å². The lowest BCUT2D eigenvalue weighted by Gasteiger charge is -2.15. The smallest absolute Gasteiger partial charge is 0.417 e. The molecule has 0 aliphatic rings. The van der Waals surface area contributed by atoms with Crippen molar-refractivity contribution in [2.45, 2.75) is 20.0 Å². The monoisotopic (exact) mass is 468 g/mol. The van der Waals surface area contributed by atoms with E-state index in [1.54, 1.807) is 19.1 Å². The molecule has 4 aromatic rings. The summed E-state index contributed by atoms with van der Waals surface area (Å²) in [6, 6.07) is 13.4. The molecule has 0 fully saturated rings. The molecule has 0 aliphatic carbocycles. The number of ether oxygens (including phenoxy) is 1. The van der Waals surface area contributed by atoms with Gasteiger partial charge in [0, 0.05) is 5.39 Å². The summed E-state index contributed by atoms with van der Waals surface area (Å²) in [5.74, 6) is -1.72. The zero-order valence-corrected chi connectivity index (χ0v) is 18.2. The fourth-order valence-electron chi connectivity index (χ4n) is 3.54. The largest absolute Gasteiger partial charge is 0.462 e. The predicted molar refractivity (Wildman–Crippen MR) is 119 cm³/mol. The first-order valence-electron chi connectivity index (χ1n) is 10.3. The topological polar surface area (TPSA) is 86.1 Å². The minimum Gasteiger partial charge on any atom is -0.462 e. The molecule has 0 atom stereocenters. The maximum atomic E-state index is 13.5. The zero-order valence-electron chi connectivity index (χ0n) is 18.2. The second-order valence-corrected chi connectivity index (χ2v) is 7.35. The van der Waals surface area contributed by atoms with Crippen LogP contribution in [0.4, 0.5) is 19.0 Å². The number of hydrogen-bond donors (Lipinski definition) is 1. The Morgan fingerprint density at radius 3 is 2.50 bits per heavy atom. The molecule has 0 saturated heterocycles. The van der Waals surface area contributed by atoms with Gasteiger partial charge in [-0.05, 0) is 43.7 Å². The van der Waals surface area contributed by atoms with Crippen molar-refractivity contribution in [3.63, 3.8) is 0 Å². The van der Waals surface area contributed by atoms with Gasteiger partial charge in [-0.15, -0.1) is 0 Å². The molecule has 0 unspecified atom stereocenters. The Bertz CT molecular complexity index is 1400. The zero-order chi connectivity index (χ0) is 24.5. The quantitative estimate of drug-likeness (QED) is 0.408. The highest BCUT2D eigenvalue weighted by Gasteiger charge is 2.35. The van der Waals surface area contributed by atoms with Gasteiger partial charge in [-0.1, -0.05) is 30.3 Å². The van der Waals surface area contributed by atoms with Crippen molar-refractivity contribution in [2.75, 3.05) is 11.9 Å². The minimum atomic E-state index is -4.74. The number of hydrogen-bond acceptors (Lipinski definition) is 5. The molecule has 174 valence electrons. The number of aromatic nitrogens is 3. The molecule has 2 aromatic heterocycles. The van der Waals surface area contributed by atoms with Crippen molar-refractivity contribution in [2.24, 2.45) is 0 Å². The molecule has 2 heterocycles. The Hall–Kier alpha value is -4.21. The summed E-state index contributed by atoms with van der Waals surface area (Å²) in [4.78, 5) is 30.0. The standard InChI is InChI=1S/C24H19F3N4O3/c1-3-34-23(33)17-13-28-31(20-12-14(2)15-8-5-7-11-19(15)29-20)21(17)30-22(32)16-9-4-6-10-18(16)24(25,26)27/h4-13H,3H2,1-2H3,(H,30,32). The summed E-state index contributed by atoms with van der Waals surface area (Å²) in [6.45, 7) is 3.52. The second kappa shape index (κ2) is 8.97. The van der Waals surface area contributed by atoms with Crippen molar-refractivity contribution in [3.8, 4) is 5.82 Å². The SMILES string of the molecule is CCOC(=O)c1cnn(-c2cc(C)c3ccccc3n2)c1NC(=O)c1ccccc1C(F)(F)F. The minimum absolute atomic E-state index is 0.0572. The van der Waals surface area contributed by atoms with Crippen LogP contribution in [0.2, 0.25) is 0 Å². The van der Waals surface area contributed by atoms with E-state index in [0.29, 0.717) is 5.52 Å². The van der Waals surface area contributed by atoms with Crippen LogP contribution in [0.3, 0.4) is 0 Å². The van der Waals surface area contributed by atoms with Crippen LogP contribution in [0, 0.1) is 6.92 Å². The molecule has 0 radical (unpaired) electrons. The Labute approximate surface area is 192 Å². The summed E-state index contributed by atoms with van der Waals surface area (Å²) >= 11 is 0. The first-order valence-corrected chi connectivity index (χ1v) is 10.3. The first kappa shape index (κ1) is 23.0. The molecule has 0 aliphatic heterocycles. The van der Waals surface area contributed by atoms with E-state index in [9.17, 15) is 22.8 Å². The number of para-hydroxylation sites is 1. The number of carbonyl (C=O) groups excluding carboxylic acids is 2. The number of pyridine rings is 1. The number of fused-ring (bicyclic) bond motifs is 1. The average Bonchev–Trinajstić information content (AvgIpc) is 3.22. The number of anilines is 1. The summed E-state index contributed by atoms with van der Waals surface area (Å²) in [7, 11) is 0. The Morgan fingerprint density at radius 2 is 1.76 bits per heavy atom. The predicted octanol–water partition coefficient (Wildman–Crippen LogP) is 5.18. The van der Waals surface area contributed by atoms with Gasteiger partial charge in [-0.3, -0.25) is 4.79 Å². The molecular formula is C24H19F3N4O3. The van der Waals surface area contributed by atoms with E-state index in [2.05, 4.69) is 15.4 Å². The number of benzene rings is 2. The molecule has 7 nitrogen and oxygen atoms in total. The number of carbonyl (C=O) groups is 2. The Balaban J connectivity index is 1.83. The van der Waals surface area contributed by atoms with E-state index in [4.69, 9.17) is 4.74 Å². The fraction of sp³-hybridized carbons (Fsp3) is 0.167. The summed E-state index contributed by atoms with van der Waals surface area (Å²) in [5, 5.41) is 7.48. The van der Waals surface area contributed by atoms with E-state index >= 15 is 0 Å². The van der Waals surface area contributed by atoms with Crippen LogP contribution in [-0.4, -0.2) is 33.2 Å². The van der Waals surface area contributed by atoms with Crippen molar-refractivity contribution < 1.29 is 27.5 Å². The van der Waals surface area contributed by atoms with Gasteiger partial charge >= 0.3 is 12.1 Å². The van der Waals surface area contributed by atoms with E-state index in [1.807, 2.05) is 25.1 Å². The Kier molecular flexibility index (Phi) is 6.06. The van der Waals surface area contributed by atoms with E-state index in [1.165, 1.54) is 23.0 Å². The summed E-state index contributed by atoms with van der Waals surface area (Å²) in [6.07, 6.45) is -3.56. The number of amides is 1. The van der Waals surface area contributed by atoms with Crippen molar-refractivity contribution >= 4 is 28.6 Å². The van der Waals surface area contributed by atoms with Crippen LogP contribution in [0.5, 0.6) is 0 Å². The number of aryl methyl sites for hydroxylation is 1. The fourth-order valence-corrected chi connectivity index (χ4v) is 3.54. The molecule has 0 bridgehead atoms. The molecule has 1 N–H and O–H groups in total. The average molecular weight is 468 g/mol. The number of nitrogens with zero attached hydrogens (tertiary/aromatic N) is 3. The highest BCUT2D eigenvalue weighted by Crippen LogP contribution is 2.32. The second-order valence-electron chi connectivity index (χ2n) is 7.35. The van der Waals surface area contributed by atoms with Crippen LogP contribution in [0.1, 0.15) is 38.8 Å². The number of halogens is 3. The van der Waals surface area contributed by atoms with E-state index < -0.39 is 29.2 Å². The molecule has 10 heteroatoms. The Morgan fingerprint density at radius 1 is 1.06 bits per heavy atom. The van der Waals surface area contributed by atoms with Crippen LogP contribution in [-0.2, 0) is 10.9 Å². The van der Waals surface area contributed by atoms with Crippen LogP contribution in [0.15, 0.2) is 60.8 Å². The third-order valence-corrected chi connectivity index (χ3v) is 5.10. The maximum Gasteiger partial charge on any atom is 0.417 e. The lowest BCUT2D eigenvalue weighted by molar-refractivity contribution is -0.137. The normalized spacial score (nSPS) is 11.4. The first-order chi connectivity index (χ1) is 16.2. The third kappa shape index (κ3) is 4.34. The molecule has 34 heavy (non-hydrogen) atoms. The molecule has 0 saturated carbocycles. The number of alkyl halides is 3. The molecular weight excluding hydrogens is 449 g/mol. The van der Waals surface area contributed by atoms with Gasteiger partial charge < -0.3 is 10.1 Å². The lowest BCUT2D eigenvalue weighted by Crippen LogP contribution is -2.22. The highest BCUT2D eigenvalue weighted by atomic mass is 19.4. The van der Waals surface area contributed by atoms with Gasteiger partial charge in [0.15, 0.2) is 11.6 Å². The van der Waals surface area contributed by atoms with Crippen molar-refractivity contribution in [1.29, 1.82) is 0 Å². The van der Waals surface area contributed by atoms with Crippen molar-refractivity contribution in [1.82, 2.24) is 14.8 Å². The molecule has 4 rings (SSSR count). The van der Waals surface area contributed by atoms with Crippen LogP contribution < -0.4 is 5.32 Å². The summed E-state index contributed by atoms with van der Waals surface area (Å²) in [5.41, 5.74) is -0.317. The van der Waals surface area contributed by atoms with E-state index in [0.717, 1.165) is 23.1 Å². The number of nitrogens with one attached hydrogen (secondary N) is 1. The third-order valence-electron chi connectivity index (χ3n) is 5.10. The molecule has 0 spiro atoms. The number of rotatable bonds is 5. The van der Waals surface area contributed by atoms with Gasteiger partial charge in [0.25, 0.3) is 5.91 Å². The highest BCUT2D eigenvalue weighted by molar-refractivity contribution is 6.08. The molecule has 1 amide bonds.